The second-order valence-corrected chi connectivity index (χ2v) is 5.52. The molecule has 0 heterocycles. The van der Waals surface area contributed by atoms with Crippen molar-refractivity contribution in [3.63, 3.8) is 0 Å². The van der Waals surface area contributed by atoms with Crippen molar-refractivity contribution in [1.29, 1.82) is 0 Å². The fourth-order valence-electron chi connectivity index (χ4n) is 1.70. The van der Waals surface area contributed by atoms with Gasteiger partial charge in [0.05, 0.1) is 5.60 Å². The lowest BCUT2D eigenvalue weighted by atomic mass is 9.92. The van der Waals surface area contributed by atoms with Gasteiger partial charge in [0.1, 0.15) is 0 Å². The molecule has 16 heavy (non-hydrogen) atoms. The molecular weight excluding hydrogens is 198 g/mol. The molecule has 2 unspecified atom stereocenters. The van der Waals surface area contributed by atoms with Gasteiger partial charge in [-0.15, -0.1) is 0 Å². The van der Waals surface area contributed by atoms with Gasteiger partial charge in [-0.1, -0.05) is 47.0 Å². The van der Waals surface area contributed by atoms with E-state index in [-0.39, 0.29) is 0 Å². The Kier molecular flexibility index (Phi) is 8.04. The second-order valence-electron chi connectivity index (χ2n) is 5.52. The molecule has 2 heteroatoms. The van der Waals surface area contributed by atoms with Gasteiger partial charge in [-0.3, -0.25) is 0 Å². The van der Waals surface area contributed by atoms with Crippen LogP contribution in [0.4, 0.5) is 0 Å². The van der Waals surface area contributed by atoms with E-state index in [9.17, 15) is 5.11 Å². The number of hydrogen-bond acceptors (Lipinski definition) is 2. The Labute approximate surface area is 102 Å². The van der Waals surface area contributed by atoms with E-state index in [0.717, 1.165) is 0 Å². The lowest BCUT2D eigenvalue weighted by Crippen LogP contribution is -2.45. The molecule has 0 aromatic rings. The van der Waals surface area contributed by atoms with Crippen molar-refractivity contribution in [3.05, 3.63) is 0 Å². The Morgan fingerprint density at radius 3 is 2.19 bits per heavy atom. The lowest BCUT2D eigenvalue weighted by molar-refractivity contribution is 0.0112. The number of nitrogens with one attached hydrogen (secondary N) is 1. The fourth-order valence-corrected chi connectivity index (χ4v) is 1.70. The van der Waals surface area contributed by atoms with Gasteiger partial charge < -0.3 is 10.4 Å². The van der Waals surface area contributed by atoms with E-state index >= 15 is 0 Å². The summed E-state index contributed by atoms with van der Waals surface area (Å²) in [5, 5.41) is 13.7. The molecular formula is C14H31NO. The molecule has 0 radical (unpaired) electrons. The van der Waals surface area contributed by atoms with Gasteiger partial charge in [-0.25, -0.2) is 0 Å². The monoisotopic (exact) mass is 229 g/mol. The van der Waals surface area contributed by atoms with Crippen molar-refractivity contribution in [2.75, 3.05) is 6.54 Å². The van der Waals surface area contributed by atoms with Crippen LogP contribution in [-0.2, 0) is 0 Å². The van der Waals surface area contributed by atoms with E-state index in [1.54, 1.807) is 0 Å². The molecule has 0 aromatic heterocycles. The third-order valence-corrected chi connectivity index (χ3v) is 3.54. The van der Waals surface area contributed by atoms with Crippen LogP contribution in [0.5, 0.6) is 0 Å². The number of aliphatic hydroxyl groups is 1. The van der Waals surface area contributed by atoms with Gasteiger partial charge >= 0.3 is 0 Å². The molecule has 0 aliphatic carbocycles. The Morgan fingerprint density at radius 2 is 1.75 bits per heavy atom. The SMILES string of the molecule is CCCCC(CCC)NCC(C)(O)C(C)C. The van der Waals surface area contributed by atoms with Gasteiger partial charge in [0.15, 0.2) is 0 Å². The number of rotatable bonds is 9. The van der Waals surface area contributed by atoms with Crippen LogP contribution in [0.1, 0.15) is 66.7 Å². The maximum atomic E-state index is 10.2. The molecule has 2 nitrogen and oxygen atoms in total. The summed E-state index contributed by atoms with van der Waals surface area (Å²) in [6.07, 6.45) is 6.20. The number of unbranched alkanes of at least 4 members (excludes halogenated alkanes) is 1. The Balaban J connectivity index is 3.99. The first-order valence-electron chi connectivity index (χ1n) is 6.89. The maximum absolute atomic E-state index is 10.2. The van der Waals surface area contributed by atoms with Crippen LogP contribution in [0, 0.1) is 5.92 Å². The standard InChI is InChI=1S/C14H31NO/c1-6-8-10-13(9-7-2)15-11-14(5,16)12(3)4/h12-13,15-16H,6-11H2,1-5H3. The highest BCUT2D eigenvalue weighted by Crippen LogP contribution is 2.16. The predicted octanol–water partition coefficient (Wildman–Crippen LogP) is 3.34. The van der Waals surface area contributed by atoms with Crippen molar-refractivity contribution < 1.29 is 5.11 Å². The summed E-state index contributed by atoms with van der Waals surface area (Å²) in [5.41, 5.74) is -0.585. The van der Waals surface area contributed by atoms with Gasteiger partial charge in [0.2, 0.25) is 0 Å². The minimum absolute atomic E-state index is 0.299. The molecule has 0 rings (SSSR count). The van der Waals surface area contributed by atoms with Crippen LogP contribution in [0.15, 0.2) is 0 Å². The van der Waals surface area contributed by atoms with Crippen LogP contribution in [0.2, 0.25) is 0 Å². The summed E-state index contributed by atoms with van der Waals surface area (Å²) < 4.78 is 0. The van der Waals surface area contributed by atoms with E-state index in [1.807, 2.05) is 6.92 Å². The quantitative estimate of drug-likeness (QED) is 0.635. The summed E-state index contributed by atoms with van der Waals surface area (Å²) in [7, 11) is 0. The fraction of sp³-hybridized carbons (Fsp3) is 1.00. The van der Waals surface area contributed by atoms with Gasteiger partial charge in [0.25, 0.3) is 0 Å². The normalized spacial score (nSPS) is 17.4. The average Bonchev–Trinajstić information content (AvgIpc) is 2.22. The van der Waals surface area contributed by atoms with E-state index in [4.69, 9.17) is 0 Å². The van der Waals surface area contributed by atoms with Crippen LogP contribution in [0.25, 0.3) is 0 Å². The Bertz CT molecular complexity index is 166. The summed E-state index contributed by atoms with van der Waals surface area (Å²) >= 11 is 0. The zero-order valence-corrected chi connectivity index (χ0v) is 11.8. The first kappa shape index (κ1) is 15.9. The maximum Gasteiger partial charge on any atom is 0.0766 e. The predicted molar refractivity (Wildman–Crippen MR) is 71.7 cm³/mol. The minimum atomic E-state index is -0.585. The van der Waals surface area contributed by atoms with Crippen molar-refractivity contribution in [2.45, 2.75) is 78.4 Å². The zero-order chi connectivity index (χ0) is 12.6. The average molecular weight is 229 g/mol. The molecule has 0 aliphatic rings. The van der Waals surface area contributed by atoms with Gasteiger partial charge in [0, 0.05) is 12.6 Å². The Hall–Kier alpha value is -0.0800. The van der Waals surface area contributed by atoms with Gasteiger partial charge in [-0.05, 0) is 25.7 Å². The Morgan fingerprint density at radius 1 is 1.12 bits per heavy atom. The smallest absolute Gasteiger partial charge is 0.0766 e. The van der Waals surface area contributed by atoms with E-state index in [2.05, 4.69) is 33.0 Å². The van der Waals surface area contributed by atoms with Crippen LogP contribution >= 0.6 is 0 Å². The van der Waals surface area contributed by atoms with Crippen molar-refractivity contribution in [2.24, 2.45) is 5.92 Å². The van der Waals surface area contributed by atoms with Gasteiger partial charge in [-0.2, -0.15) is 0 Å². The molecule has 0 amide bonds. The lowest BCUT2D eigenvalue weighted by Gasteiger charge is -2.30. The third kappa shape index (κ3) is 6.49. The largest absolute Gasteiger partial charge is 0.389 e. The molecule has 0 saturated carbocycles. The zero-order valence-electron chi connectivity index (χ0n) is 11.8. The molecule has 2 N–H and O–H groups in total. The minimum Gasteiger partial charge on any atom is -0.389 e. The van der Waals surface area contributed by atoms with E-state index < -0.39 is 5.60 Å². The second kappa shape index (κ2) is 8.08. The van der Waals surface area contributed by atoms with Crippen LogP contribution in [-0.4, -0.2) is 23.3 Å². The summed E-state index contributed by atoms with van der Waals surface area (Å²) in [5.74, 6) is 0.299. The molecule has 0 saturated heterocycles. The first-order chi connectivity index (χ1) is 7.44. The molecule has 0 spiro atoms. The first-order valence-corrected chi connectivity index (χ1v) is 6.89. The summed E-state index contributed by atoms with van der Waals surface area (Å²) in [6.45, 7) is 11.2. The van der Waals surface area contributed by atoms with E-state index in [0.29, 0.717) is 18.5 Å². The molecule has 98 valence electrons. The molecule has 0 fully saturated rings. The summed E-state index contributed by atoms with van der Waals surface area (Å²) in [6, 6.07) is 0.579. The molecule has 0 bridgehead atoms. The van der Waals surface area contributed by atoms with Crippen molar-refractivity contribution in [1.82, 2.24) is 5.32 Å². The topological polar surface area (TPSA) is 32.3 Å². The van der Waals surface area contributed by atoms with Crippen molar-refractivity contribution in [3.8, 4) is 0 Å². The molecule has 0 aromatic carbocycles. The molecule has 0 aliphatic heterocycles. The molecule has 2 atom stereocenters. The van der Waals surface area contributed by atoms with E-state index in [1.165, 1.54) is 32.1 Å². The highest BCUT2D eigenvalue weighted by Gasteiger charge is 2.25. The highest BCUT2D eigenvalue weighted by molar-refractivity contribution is 4.81. The summed E-state index contributed by atoms with van der Waals surface area (Å²) in [4.78, 5) is 0. The van der Waals surface area contributed by atoms with Crippen molar-refractivity contribution >= 4 is 0 Å². The highest BCUT2D eigenvalue weighted by atomic mass is 16.3. The van der Waals surface area contributed by atoms with Crippen LogP contribution < -0.4 is 5.32 Å². The van der Waals surface area contributed by atoms with Crippen LogP contribution in [0.3, 0.4) is 0 Å². The number of hydrogen-bond donors (Lipinski definition) is 2. The third-order valence-electron chi connectivity index (χ3n) is 3.54.